The minimum Gasteiger partial charge on any atom is -0.508 e. The molecule has 0 fully saturated rings. The molecule has 1 aromatic heterocycles. The van der Waals surface area contributed by atoms with E-state index in [9.17, 15) is 9.18 Å². The summed E-state index contributed by atoms with van der Waals surface area (Å²) in [7, 11) is 0. The number of amides is 1. The first-order chi connectivity index (χ1) is 10.1. The second-order valence-corrected chi connectivity index (χ2v) is 4.50. The Hall–Kier alpha value is -2.95. The maximum absolute atomic E-state index is 13.7. The van der Waals surface area contributed by atoms with Gasteiger partial charge in [0, 0.05) is 17.6 Å². The SMILES string of the molecule is O=C(Nc1ccc(O)cc1F)c1cccc2cccnc12. The molecule has 3 aromatic rings. The van der Waals surface area contributed by atoms with Crippen LogP contribution in [0.15, 0.2) is 54.7 Å². The summed E-state index contributed by atoms with van der Waals surface area (Å²) in [6.45, 7) is 0. The molecule has 0 atom stereocenters. The highest BCUT2D eigenvalue weighted by Crippen LogP contribution is 2.22. The number of phenolic OH excluding ortho intramolecular Hbond substituents is 1. The van der Waals surface area contributed by atoms with Crippen molar-refractivity contribution < 1.29 is 14.3 Å². The molecule has 0 unspecified atom stereocenters. The van der Waals surface area contributed by atoms with Gasteiger partial charge in [-0.25, -0.2) is 4.39 Å². The highest BCUT2D eigenvalue weighted by molar-refractivity contribution is 6.11. The summed E-state index contributed by atoms with van der Waals surface area (Å²) in [4.78, 5) is 16.5. The van der Waals surface area contributed by atoms with Crippen LogP contribution in [0.4, 0.5) is 10.1 Å². The van der Waals surface area contributed by atoms with Crippen LogP contribution in [0.5, 0.6) is 5.75 Å². The summed E-state index contributed by atoms with van der Waals surface area (Å²) in [5.74, 6) is -1.35. The average Bonchev–Trinajstić information content (AvgIpc) is 2.49. The van der Waals surface area contributed by atoms with Crippen molar-refractivity contribution in [1.29, 1.82) is 0 Å². The van der Waals surface area contributed by atoms with Gasteiger partial charge in [-0.2, -0.15) is 0 Å². The number of benzene rings is 2. The zero-order chi connectivity index (χ0) is 14.8. The number of carbonyl (C=O) groups is 1. The van der Waals surface area contributed by atoms with Gasteiger partial charge in [-0.15, -0.1) is 0 Å². The highest BCUT2D eigenvalue weighted by Gasteiger charge is 2.13. The van der Waals surface area contributed by atoms with Crippen LogP contribution in [0.1, 0.15) is 10.4 Å². The molecule has 0 saturated carbocycles. The van der Waals surface area contributed by atoms with Gasteiger partial charge < -0.3 is 10.4 Å². The molecule has 0 aliphatic rings. The molecular weight excluding hydrogens is 271 g/mol. The summed E-state index contributed by atoms with van der Waals surface area (Å²) in [6.07, 6.45) is 1.60. The third-order valence-electron chi connectivity index (χ3n) is 3.08. The van der Waals surface area contributed by atoms with Gasteiger partial charge >= 0.3 is 0 Å². The molecule has 4 nitrogen and oxygen atoms in total. The fraction of sp³-hybridized carbons (Fsp3) is 0. The normalized spacial score (nSPS) is 10.5. The number of pyridine rings is 1. The van der Waals surface area contributed by atoms with Crippen LogP contribution in [0, 0.1) is 5.82 Å². The zero-order valence-corrected chi connectivity index (χ0v) is 10.9. The molecule has 2 aromatic carbocycles. The number of hydrogen-bond acceptors (Lipinski definition) is 3. The molecule has 3 rings (SSSR count). The predicted molar refractivity (Wildman–Crippen MR) is 77.8 cm³/mol. The quantitative estimate of drug-likeness (QED) is 0.709. The lowest BCUT2D eigenvalue weighted by atomic mass is 10.1. The summed E-state index contributed by atoms with van der Waals surface area (Å²) in [5, 5.41) is 12.5. The van der Waals surface area contributed by atoms with Crippen LogP contribution in [0.25, 0.3) is 10.9 Å². The molecule has 0 bridgehead atoms. The number of nitrogens with zero attached hydrogens (tertiary/aromatic N) is 1. The van der Waals surface area contributed by atoms with Gasteiger partial charge in [0.2, 0.25) is 0 Å². The Balaban J connectivity index is 1.97. The minimum atomic E-state index is -0.698. The molecule has 0 spiro atoms. The highest BCUT2D eigenvalue weighted by atomic mass is 19.1. The molecule has 1 amide bonds. The van der Waals surface area contributed by atoms with Crippen molar-refractivity contribution in [1.82, 2.24) is 4.98 Å². The van der Waals surface area contributed by atoms with Gasteiger partial charge in [0.05, 0.1) is 16.8 Å². The molecular formula is C16H11FN2O2. The molecule has 0 saturated heterocycles. The average molecular weight is 282 g/mol. The number of hydrogen-bond donors (Lipinski definition) is 2. The Morgan fingerprint density at radius 2 is 1.95 bits per heavy atom. The van der Waals surface area contributed by atoms with Gasteiger partial charge in [0.1, 0.15) is 11.6 Å². The summed E-state index contributed by atoms with van der Waals surface area (Å²) in [5.41, 5.74) is 0.919. The minimum absolute atomic E-state index is 0.00531. The van der Waals surface area contributed by atoms with Crippen LogP contribution < -0.4 is 5.32 Å². The maximum Gasteiger partial charge on any atom is 0.257 e. The number of rotatable bonds is 2. The van der Waals surface area contributed by atoms with Crippen molar-refractivity contribution in [3.8, 4) is 5.75 Å². The number of para-hydroxylation sites is 1. The van der Waals surface area contributed by atoms with Crippen LogP contribution in [0.2, 0.25) is 0 Å². The van der Waals surface area contributed by atoms with E-state index in [0.29, 0.717) is 11.1 Å². The zero-order valence-electron chi connectivity index (χ0n) is 10.9. The Labute approximate surface area is 119 Å². The fourth-order valence-electron chi connectivity index (χ4n) is 2.08. The Bertz CT molecular complexity index is 828. The molecule has 5 heteroatoms. The standard InChI is InChI=1S/C16H11FN2O2/c17-13-9-11(20)6-7-14(13)19-16(21)12-5-1-3-10-4-2-8-18-15(10)12/h1-9,20H,(H,19,21). The van der Waals surface area contributed by atoms with Crippen molar-refractivity contribution in [3.05, 3.63) is 66.1 Å². The number of anilines is 1. The van der Waals surface area contributed by atoms with E-state index in [1.165, 1.54) is 12.1 Å². The van der Waals surface area contributed by atoms with Crippen LogP contribution in [0.3, 0.4) is 0 Å². The molecule has 0 radical (unpaired) electrons. The van der Waals surface area contributed by atoms with Gasteiger partial charge in [-0.1, -0.05) is 18.2 Å². The number of phenols is 1. The van der Waals surface area contributed by atoms with Crippen LogP contribution in [-0.2, 0) is 0 Å². The van der Waals surface area contributed by atoms with Crippen LogP contribution >= 0.6 is 0 Å². The maximum atomic E-state index is 13.7. The van der Waals surface area contributed by atoms with E-state index in [0.717, 1.165) is 11.5 Å². The summed E-state index contributed by atoms with van der Waals surface area (Å²) < 4.78 is 13.7. The van der Waals surface area contributed by atoms with E-state index in [4.69, 9.17) is 5.11 Å². The first-order valence-electron chi connectivity index (χ1n) is 6.29. The van der Waals surface area contributed by atoms with Crippen molar-refractivity contribution >= 4 is 22.5 Å². The number of fused-ring (bicyclic) bond motifs is 1. The van der Waals surface area contributed by atoms with Gasteiger partial charge in [-0.05, 0) is 24.3 Å². The monoisotopic (exact) mass is 282 g/mol. The number of halogens is 1. The molecule has 0 aliphatic heterocycles. The van der Waals surface area contributed by atoms with Crippen molar-refractivity contribution in [3.63, 3.8) is 0 Å². The number of nitrogens with one attached hydrogen (secondary N) is 1. The number of aromatic hydroxyl groups is 1. The first-order valence-corrected chi connectivity index (χ1v) is 6.29. The van der Waals surface area contributed by atoms with E-state index in [1.807, 2.05) is 12.1 Å². The Kier molecular flexibility index (Phi) is 3.23. The largest absolute Gasteiger partial charge is 0.508 e. The van der Waals surface area contributed by atoms with E-state index in [2.05, 4.69) is 10.3 Å². The number of carbonyl (C=O) groups excluding carboxylic acids is 1. The first kappa shape index (κ1) is 13.1. The Morgan fingerprint density at radius 1 is 1.14 bits per heavy atom. The summed E-state index contributed by atoms with van der Waals surface area (Å²) in [6, 6.07) is 12.4. The number of aromatic nitrogens is 1. The van der Waals surface area contributed by atoms with E-state index < -0.39 is 11.7 Å². The third-order valence-corrected chi connectivity index (χ3v) is 3.08. The molecule has 0 aliphatic carbocycles. The van der Waals surface area contributed by atoms with E-state index in [-0.39, 0.29) is 11.4 Å². The van der Waals surface area contributed by atoms with Crippen LogP contribution in [-0.4, -0.2) is 16.0 Å². The second kappa shape index (κ2) is 5.20. The smallest absolute Gasteiger partial charge is 0.257 e. The lowest BCUT2D eigenvalue weighted by molar-refractivity contribution is 0.102. The fourth-order valence-corrected chi connectivity index (χ4v) is 2.08. The van der Waals surface area contributed by atoms with Crippen molar-refractivity contribution in [2.75, 3.05) is 5.32 Å². The lowest BCUT2D eigenvalue weighted by Crippen LogP contribution is -2.13. The summed E-state index contributed by atoms with van der Waals surface area (Å²) >= 11 is 0. The van der Waals surface area contributed by atoms with Gasteiger partial charge in [0.15, 0.2) is 0 Å². The van der Waals surface area contributed by atoms with E-state index in [1.54, 1.807) is 24.4 Å². The molecule has 1 heterocycles. The molecule has 104 valence electrons. The van der Waals surface area contributed by atoms with Crippen molar-refractivity contribution in [2.45, 2.75) is 0 Å². The molecule has 2 N–H and O–H groups in total. The van der Waals surface area contributed by atoms with Gasteiger partial charge in [-0.3, -0.25) is 9.78 Å². The second-order valence-electron chi connectivity index (χ2n) is 4.50. The van der Waals surface area contributed by atoms with E-state index >= 15 is 0 Å². The lowest BCUT2D eigenvalue weighted by Gasteiger charge is -2.08. The Morgan fingerprint density at radius 3 is 2.76 bits per heavy atom. The molecule has 21 heavy (non-hydrogen) atoms. The third kappa shape index (κ3) is 2.53. The predicted octanol–water partition coefficient (Wildman–Crippen LogP) is 3.33. The topological polar surface area (TPSA) is 62.2 Å². The van der Waals surface area contributed by atoms with Crippen molar-refractivity contribution in [2.24, 2.45) is 0 Å². The van der Waals surface area contributed by atoms with Gasteiger partial charge in [0.25, 0.3) is 5.91 Å².